The largest absolute Gasteiger partial charge is 0.237 e. The quantitative estimate of drug-likeness (QED) is 0.571. The van der Waals surface area contributed by atoms with E-state index >= 15 is 0 Å². The maximum atomic E-state index is 5.64. The van der Waals surface area contributed by atoms with Gasteiger partial charge in [0, 0.05) is 23.2 Å². The molecule has 0 aliphatic rings. The van der Waals surface area contributed by atoms with E-state index in [2.05, 4.69) is 22.1 Å². The third-order valence-electron chi connectivity index (χ3n) is 2.84. The molecule has 0 radical (unpaired) electrons. The summed E-state index contributed by atoms with van der Waals surface area (Å²) >= 11 is 5.64. The first-order valence-corrected chi connectivity index (χ1v) is 6.70. The van der Waals surface area contributed by atoms with Crippen molar-refractivity contribution in [1.82, 2.24) is 9.97 Å². The maximum Gasteiger partial charge on any atom is 0.159 e. The van der Waals surface area contributed by atoms with Crippen LogP contribution in [0.3, 0.4) is 0 Å². The molecule has 0 saturated heterocycles. The van der Waals surface area contributed by atoms with Crippen LogP contribution >= 0.6 is 11.6 Å². The smallest absolute Gasteiger partial charge is 0.159 e. The van der Waals surface area contributed by atoms with Crippen molar-refractivity contribution in [1.29, 1.82) is 0 Å². The van der Waals surface area contributed by atoms with E-state index in [4.69, 9.17) is 11.6 Å². The van der Waals surface area contributed by atoms with Gasteiger partial charge in [-0.15, -0.1) is 11.6 Å². The molecule has 2 rings (SSSR count). The molecule has 0 N–H and O–H groups in total. The number of aryl methyl sites for hydroxylation is 1. The summed E-state index contributed by atoms with van der Waals surface area (Å²) in [4.78, 5) is 8.83. The molecule has 0 unspecified atom stereocenters. The highest BCUT2D eigenvalue weighted by Gasteiger charge is 1.99. The Kier molecular flexibility index (Phi) is 4.75. The predicted octanol–water partition coefficient (Wildman–Crippen LogP) is 3.97. The maximum absolute atomic E-state index is 5.64. The molecule has 0 spiro atoms. The van der Waals surface area contributed by atoms with E-state index < -0.39 is 0 Å². The predicted molar refractivity (Wildman–Crippen MR) is 72.4 cm³/mol. The molecule has 0 aromatic carbocycles. The standard InChI is InChI=1S/C14H17ClN2/c15-10-4-2-1-3-7-13-9-8-12-6-5-11-16-14(12)17-13/h5-6,8-9,11H,1-4,7,10H2. The minimum absolute atomic E-state index is 0.776. The van der Waals surface area contributed by atoms with Crippen molar-refractivity contribution in [3.8, 4) is 0 Å². The summed E-state index contributed by atoms with van der Waals surface area (Å²) in [5.74, 6) is 0.776. The minimum atomic E-state index is 0.776. The second-order valence-corrected chi connectivity index (χ2v) is 4.58. The van der Waals surface area contributed by atoms with Crippen molar-refractivity contribution >= 4 is 22.6 Å². The fourth-order valence-electron chi connectivity index (χ4n) is 1.89. The number of alkyl halides is 1. The van der Waals surface area contributed by atoms with Crippen LogP contribution in [0.4, 0.5) is 0 Å². The Hall–Kier alpha value is -1.15. The van der Waals surface area contributed by atoms with Gasteiger partial charge in [-0.2, -0.15) is 0 Å². The average molecular weight is 249 g/mol. The number of aromatic nitrogens is 2. The lowest BCUT2D eigenvalue weighted by atomic mass is 10.1. The van der Waals surface area contributed by atoms with E-state index in [1.165, 1.54) is 19.3 Å². The summed E-state index contributed by atoms with van der Waals surface area (Å²) in [6.45, 7) is 0. The molecule has 0 bridgehead atoms. The van der Waals surface area contributed by atoms with E-state index in [9.17, 15) is 0 Å². The molecule has 0 aliphatic heterocycles. The van der Waals surface area contributed by atoms with Gasteiger partial charge in [0.2, 0.25) is 0 Å². The van der Waals surface area contributed by atoms with E-state index in [1.54, 1.807) is 6.20 Å². The lowest BCUT2D eigenvalue weighted by Gasteiger charge is -2.02. The monoisotopic (exact) mass is 248 g/mol. The van der Waals surface area contributed by atoms with Gasteiger partial charge >= 0.3 is 0 Å². The van der Waals surface area contributed by atoms with Gasteiger partial charge in [0.25, 0.3) is 0 Å². The van der Waals surface area contributed by atoms with Gasteiger partial charge in [-0.3, -0.25) is 0 Å². The summed E-state index contributed by atoms with van der Waals surface area (Å²) < 4.78 is 0. The zero-order valence-corrected chi connectivity index (χ0v) is 10.7. The zero-order chi connectivity index (χ0) is 11.9. The van der Waals surface area contributed by atoms with Crippen molar-refractivity contribution in [3.05, 3.63) is 36.2 Å². The molecule has 17 heavy (non-hydrogen) atoms. The van der Waals surface area contributed by atoms with Crippen LogP contribution in [0.5, 0.6) is 0 Å². The van der Waals surface area contributed by atoms with Crippen LogP contribution in [-0.2, 0) is 6.42 Å². The van der Waals surface area contributed by atoms with Gasteiger partial charge in [0.05, 0.1) is 0 Å². The Labute approximate surface area is 107 Å². The van der Waals surface area contributed by atoms with Crippen molar-refractivity contribution in [2.45, 2.75) is 32.1 Å². The number of halogens is 1. The highest BCUT2D eigenvalue weighted by Crippen LogP contribution is 2.12. The fraction of sp³-hybridized carbons (Fsp3) is 0.429. The summed E-state index contributed by atoms with van der Waals surface area (Å²) in [5.41, 5.74) is 1.99. The third-order valence-corrected chi connectivity index (χ3v) is 3.11. The Morgan fingerprint density at radius 2 is 1.88 bits per heavy atom. The van der Waals surface area contributed by atoms with Crippen LogP contribution < -0.4 is 0 Å². The molecule has 0 amide bonds. The number of rotatable bonds is 6. The van der Waals surface area contributed by atoms with Crippen molar-refractivity contribution < 1.29 is 0 Å². The molecule has 2 aromatic heterocycles. The third kappa shape index (κ3) is 3.67. The zero-order valence-electron chi connectivity index (χ0n) is 9.90. The molecule has 0 atom stereocenters. The van der Waals surface area contributed by atoms with Gasteiger partial charge in [-0.1, -0.05) is 12.8 Å². The van der Waals surface area contributed by atoms with Gasteiger partial charge in [0.15, 0.2) is 5.65 Å². The van der Waals surface area contributed by atoms with Crippen LogP contribution in [-0.4, -0.2) is 15.8 Å². The Morgan fingerprint density at radius 3 is 2.76 bits per heavy atom. The number of hydrogen-bond acceptors (Lipinski definition) is 2. The molecule has 2 heterocycles. The summed E-state index contributed by atoms with van der Waals surface area (Å²) in [6, 6.07) is 8.18. The second-order valence-electron chi connectivity index (χ2n) is 4.21. The first-order chi connectivity index (χ1) is 8.40. The molecule has 0 saturated carbocycles. The molecule has 2 aromatic rings. The van der Waals surface area contributed by atoms with Crippen molar-refractivity contribution in [2.75, 3.05) is 5.88 Å². The SMILES string of the molecule is ClCCCCCCc1ccc2cccnc2n1. The van der Waals surface area contributed by atoms with Crippen LogP contribution in [0.2, 0.25) is 0 Å². The van der Waals surface area contributed by atoms with E-state index in [1.807, 2.05) is 12.1 Å². The summed E-state index contributed by atoms with van der Waals surface area (Å²) in [7, 11) is 0. The Bertz CT molecular complexity index is 470. The van der Waals surface area contributed by atoms with Crippen LogP contribution in [0.25, 0.3) is 11.0 Å². The summed E-state index contributed by atoms with van der Waals surface area (Å²) in [5, 5.41) is 1.11. The number of pyridine rings is 2. The Morgan fingerprint density at radius 1 is 1.00 bits per heavy atom. The summed E-state index contributed by atoms with van der Waals surface area (Å²) in [6.07, 6.45) is 7.58. The average Bonchev–Trinajstić information content (AvgIpc) is 2.38. The van der Waals surface area contributed by atoms with Crippen molar-refractivity contribution in [3.63, 3.8) is 0 Å². The van der Waals surface area contributed by atoms with Crippen molar-refractivity contribution in [2.24, 2.45) is 0 Å². The molecule has 90 valence electrons. The van der Waals surface area contributed by atoms with Gasteiger partial charge in [-0.25, -0.2) is 9.97 Å². The number of unbranched alkanes of at least 4 members (excludes halogenated alkanes) is 3. The Balaban J connectivity index is 1.90. The minimum Gasteiger partial charge on any atom is -0.237 e. The number of hydrogen-bond donors (Lipinski definition) is 0. The normalized spacial score (nSPS) is 10.9. The fourth-order valence-corrected chi connectivity index (χ4v) is 2.07. The first kappa shape index (κ1) is 12.3. The van der Waals surface area contributed by atoms with Crippen LogP contribution in [0.15, 0.2) is 30.5 Å². The van der Waals surface area contributed by atoms with E-state index in [0.29, 0.717) is 0 Å². The molecule has 3 heteroatoms. The van der Waals surface area contributed by atoms with Crippen LogP contribution in [0, 0.1) is 0 Å². The molecular formula is C14H17ClN2. The number of fused-ring (bicyclic) bond motifs is 1. The lowest BCUT2D eigenvalue weighted by molar-refractivity contribution is 0.663. The molecular weight excluding hydrogens is 232 g/mol. The van der Waals surface area contributed by atoms with Gasteiger partial charge in [0.1, 0.15) is 0 Å². The highest BCUT2D eigenvalue weighted by atomic mass is 35.5. The van der Waals surface area contributed by atoms with Gasteiger partial charge in [-0.05, 0) is 43.5 Å². The first-order valence-electron chi connectivity index (χ1n) is 6.17. The van der Waals surface area contributed by atoms with Crippen LogP contribution in [0.1, 0.15) is 31.4 Å². The molecule has 0 fully saturated rings. The van der Waals surface area contributed by atoms with E-state index in [-0.39, 0.29) is 0 Å². The highest BCUT2D eigenvalue weighted by molar-refractivity contribution is 6.17. The lowest BCUT2D eigenvalue weighted by Crippen LogP contribution is -1.92. The molecule has 0 aliphatic carbocycles. The topological polar surface area (TPSA) is 25.8 Å². The molecule has 2 nitrogen and oxygen atoms in total. The van der Waals surface area contributed by atoms with Gasteiger partial charge < -0.3 is 0 Å². The number of nitrogens with zero attached hydrogens (tertiary/aromatic N) is 2. The second kappa shape index (κ2) is 6.55. The van der Waals surface area contributed by atoms with E-state index in [0.717, 1.165) is 35.4 Å².